The van der Waals surface area contributed by atoms with Crippen LogP contribution < -0.4 is 0 Å². The number of benzene rings is 8. The summed E-state index contributed by atoms with van der Waals surface area (Å²) in [6.45, 7) is 40.7. The Morgan fingerprint density at radius 3 is 0.528 bits per heavy atom. The van der Waals surface area contributed by atoms with Gasteiger partial charge in [-0.05, 0) is 220 Å². The largest absolute Gasteiger partial charge is 0.354 e. The molecule has 4 N–H and O–H groups in total. The van der Waals surface area contributed by atoms with Gasteiger partial charge in [0.1, 0.15) is 5.69 Å². The van der Waals surface area contributed by atoms with Gasteiger partial charge in [0, 0.05) is 94.2 Å². The molecule has 0 unspecified atom stereocenters. The monoisotopic (exact) mass is 1630 g/mol. The van der Waals surface area contributed by atoms with Crippen LogP contribution in [0.2, 0.25) is 0 Å². The van der Waals surface area contributed by atoms with Gasteiger partial charge in [-0.3, -0.25) is 0 Å². The third kappa shape index (κ3) is 15.6. The van der Waals surface area contributed by atoms with Crippen molar-refractivity contribution in [3.63, 3.8) is 0 Å². The maximum absolute atomic E-state index is 5.71. The number of aromatic amines is 4. The minimum atomic E-state index is -0.0375. The zero-order valence-electron chi connectivity index (χ0n) is 74.9. The molecule has 4 aliphatic heterocycles. The lowest BCUT2D eigenvalue weighted by molar-refractivity contribution is 0.590. The first-order valence-corrected chi connectivity index (χ1v) is 43.8. The molecule has 0 atom stereocenters. The van der Waals surface area contributed by atoms with Crippen molar-refractivity contribution in [1.29, 1.82) is 0 Å². The predicted octanol–water partition coefficient (Wildman–Crippen LogP) is 30.0. The summed E-state index contributed by atoms with van der Waals surface area (Å²) < 4.78 is 1.86. The summed E-state index contributed by atoms with van der Waals surface area (Å²) in [5.41, 5.74) is 40.4. The Morgan fingerprint density at radius 1 is 0.192 bits per heavy atom. The van der Waals surface area contributed by atoms with Gasteiger partial charge in [0.15, 0.2) is 0 Å². The summed E-state index contributed by atoms with van der Waals surface area (Å²) in [5.74, 6) is 0. The van der Waals surface area contributed by atoms with Crippen molar-refractivity contribution in [1.82, 2.24) is 54.9 Å². The highest BCUT2D eigenvalue weighted by atomic mass is 15.4. The number of hydrogen-bond donors (Lipinski definition) is 4. The van der Waals surface area contributed by atoms with Crippen LogP contribution in [0.5, 0.6) is 0 Å². The molecule has 7 aromatic heterocycles. The van der Waals surface area contributed by atoms with E-state index in [0.717, 1.165) is 196 Å². The van der Waals surface area contributed by atoms with Gasteiger partial charge in [-0.15, -0.1) is 5.10 Å². The van der Waals surface area contributed by atoms with Crippen molar-refractivity contribution in [3.8, 4) is 106 Å². The minimum absolute atomic E-state index is 0.0194. The Labute approximate surface area is 733 Å². The van der Waals surface area contributed by atoms with E-state index >= 15 is 0 Å². The van der Waals surface area contributed by atoms with Crippen LogP contribution in [0.1, 0.15) is 204 Å². The fraction of sp³-hybridized carbons (Fsp3) is 0.211. The lowest BCUT2D eigenvalue weighted by atomic mass is 9.86. The molecular weight excluding hydrogens is 1520 g/mol. The molecule has 8 aromatic carbocycles. The highest BCUT2D eigenvalue weighted by Crippen LogP contribution is 2.45. The fourth-order valence-corrected chi connectivity index (χ4v) is 17.8. The molecule has 125 heavy (non-hydrogen) atoms. The number of H-pyrrole nitrogens is 4. The molecule has 4 aliphatic rings. The van der Waals surface area contributed by atoms with Crippen molar-refractivity contribution in [2.45, 2.75) is 157 Å². The first-order chi connectivity index (χ1) is 59.7. The lowest BCUT2D eigenvalue weighted by Crippen LogP contribution is -2.10. The maximum atomic E-state index is 5.71. The second kappa shape index (κ2) is 30.6. The molecule has 0 saturated carbocycles. The van der Waals surface area contributed by atoms with Gasteiger partial charge in [0.2, 0.25) is 0 Å². The molecule has 0 saturated heterocycles. The van der Waals surface area contributed by atoms with Gasteiger partial charge >= 0.3 is 0 Å². The summed E-state index contributed by atoms with van der Waals surface area (Å²) in [6.07, 6.45) is 19.4. The average molecular weight is 1630 g/mol. The fourth-order valence-electron chi connectivity index (χ4n) is 17.8. The van der Waals surface area contributed by atoms with Gasteiger partial charge in [-0.1, -0.05) is 312 Å². The topological polar surface area (TPSA) is 145 Å². The van der Waals surface area contributed by atoms with Crippen molar-refractivity contribution in [3.05, 3.63) is 328 Å². The molecule has 16 bridgehead atoms. The number of rotatable bonds is 10. The summed E-state index contributed by atoms with van der Waals surface area (Å²) in [6, 6.07) is 89.0. The van der Waals surface area contributed by atoms with E-state index in [-0.39, 0.29) is 32.5 Å². The van der Waals surface area contributed by atoms with Crippen molar-refractivity contribution >= 4 is 92.7 Å². The summed E-state index contributed by atoms with van der Waals surface area (Å²) >= 11 is 0. The van der Waals surface area contributed by atoms with Crippen molar-refractivity contribution in [2.75, 3.05) is 0 Å². The smallest absolute Gasteiger partial charge is 0.113 e. The quantitative estimate of drug-likeness (QED) is 0.107. The third-order valence-corrected chi connectivity index (χ3v) is 25.1. The zero-order valence-corrected chi connectivity index (χ0v) is 74.9. The zero-order chi connectivity index (χ0) is 87.0. The molecule has 0 aliphatic carbocycles. The van der Waals surface area contributed by atoms with E-state index in [4.69, 9.17) is 30.2 Å². The van der Waals surface area contributed by atoms with Gasteiger partial charge < -0.3 is 19.9 Å². The number of fused-ring (bicyclic) bond motifs is 16. The van der Waals surface area contributed by atoms with Gasteiger partial charge in [-0.25, -0.2) is 24.6 Å². The molecule has 15 aromatic rings. The van der Waals surface area contributed by atoms with E-state index in [9.17, 15) is 0 Å². The van der Waals surface area contributed by atoms with E-state index < -0.39 is 0 Å². The highest BCUT2D eigenvalue weighted by Gasteiger charge is 2.27. The number of nitrogens with one attached hydrogen (secondary N) is 4. The van der Waals surface area contributed by atoms with Crippen LogP contribution >= 0.6 is 0 Å². The highest BCUT2D eigenvalue weighted by molar-refractivity contribution is 6.03. The van der Waals surface area contributed by atoms with Gasteiger partial charge in [0.25, 0.3) is 0 Å². The molecule has 0 fully saturated rings. The van der Waals surface area contributed by atoms with E-state index in [1.807, 2.05) is 10.9 Å². The lowest BCUT2D eigenvalue weighted by Gasteiger charge is -2.19. The molecule has 19 rings (SSSR count). The van der Waals surface area contributed by atoms with Crippen LogP contribution in [0.25, 0.3) is 199 Å². The Balaban J connectivity index is 0.740. The van der Waals surface area contributed by atoms with Gasteiger partial charge in [0.05, 0.1) is 57.4 Å². The number of hydrogen-bond acceptors (Lipinski definition) is 6. The van der Waals surface area contributed by atoms with Crippen LogP contribution in [0.3, 0.4) is 0 Å². The van der Waals surface area contributed by atoms with Crippen LogP contribution in [0, 0.1) is 0 Å². The standard InChI is InChI=1S/C114H107N11/c1-109(2,3)77-37-23-70(24-38-77)102-86-53-51-84(115-86)101(85-52-54-87(116-85)103(71-25-39-78(40-26-71)110(4,5)6)89-56-58-91(118-89)104(90-57-55-88(102)117-90)72-27-41-79(42-28-72)111(7,8)9)69-21-19-68(20-22-69)100-67-125(124-123-100)83-49-35-76(36-50-83)108-98-65-63-96(121-98)106(74-31-45-81(46-32-74)113(13,14)15)94-61-59-92(119-94)105(73-29-43-80(44-30-73)112(10,11)12)93-60-62-95(120-93)107(97-64-66-99(108)122-97)75-33-47-82(48-34-75)114(16,17)18/h19-67,115,118-119,122H,1-18H3. The maximum Gasteiger partial charge on any atom is 0.113 e. The van der Waals surface area contributed by atoms with Crippen LogP contribution in [0.4, 0.5) is 0 Å². The first-order valence-electron chi connectivity index (χ1n) is 43.8. The molecular formula is C114H107N11. The molecule has 0 radical (unpaired) electrons. The van der Waals surface area contributed by atoms with Crippen molar-refractivity contribution in [2.24, 2.45) is 0 Å². The first kappa shape index (κ1) is 80.8. The van der Waals surface area contributed by atoms with E-state index in [2.05, 4.69) is 436 Å². The normalized spacial score (nSPS) is 13.1. The van der Waals surface area contributed by atoms with Crippen LogP contribution in [-0.4, -0.2) is 54.9 Å². The van der Waals surface area contributed by atoms with Crippen LogP contribution in [-0.2, 0) is 32.5 Å². The van der Waals surface area contributed by atoms with Crippen molar-refractivity contribution < 1.29 is 0 Å². The Morgan fingerprint density at radius 2 is 0.352 bits per heavy atom. The number of aromatic nitrogens is 11. The summed E-state index contributed by atoms with van der Waals surface area (Å²) in [7, 11) is 0. The second-order valence-corrected chi connectivity index (χ2v) is 40.1. The second-order valence-electron chi connectivity index (χ2n) is 40.1. The van der Waals surface area contributed by atoms with Crippen LogP contribution in [0.15, 0.2) is 249 Å². The number of nitrogens with zero attached hydrogens (tertiary/aromatic N) is 7. The van der Waals surface area contributed by atoms with E-state index in [1.54, 1.807) is 0 Å². The minimum Gasteiger partial charge on any atom is -0.354 e. The van der Waals surface area contributed by atoms with E-state index in [1.165, 1.54) is 33.4 Å². The molecule has 0 spiro atoms. The predicted molar refractivity (Wildman–Crippen MR) is 527 cm³/mol. The van der Waals surface area contributed by atoms with E-state index in [0.29, 0.717) is 0 Å². The molecule has 0 amide bonds. The molecule has 11 heteroatoms. The Bertz CT molecular complexity index is 6720. The Hall–Kier alpha value is -13.9. The molecule has 11 nitrogen and oxygen atoms in total. The third-order valence-electron chi connectivity index (χ3n) is 25.1. The molecule has 11 heterocycles. The Kier molecular flexibility index (Phi) is 19.8. The summed E-state index contributed by atoms with van der Waals surface area (Å²) in [4.78, 5) is 38.7. The van der Waals surface area contributed by atoms with Gasteiger partial charge in [-0.2, -0.15) is 0 Å². The summed E-state index contributed by atoms with van der Waals surface area (Å²) in [5, 5.41) is 9.71. The average Bonchev–Trinajstić information content (AvgIpc) is 1.62. The molecule has 618 valence electrons. The SMILES string of the molecule is CC(C)(C)c1ccc(-c2c3nc(c(-c4ccc(C(C)(C)C)cc4)c4ccc([nH]4)c(-c4ccc(C(C)(C)C)cc4)c4nc(c(-c5ccc(-c6cn(-c7ccc(-c8c9nc(c(-c%10ccc(C(C)(C)C)cc%10)c%10ccc([nH]%10)c(-c%10ccc(C(C)(C)C)cc%10)c%10nc(c(-c%11ccc(C(C)(C)C)cc%11)c%11ccc8[nH]%11)C=C%10)C=C9)cc7)nn6)cc5)c5ccc2[nH]5)C=C4)C=C3)cc1.